The van der Waals surface area contributed by atoms with Crippen LogP contribution in [0.5, 0.6) is 0 Å². The second kappa shape index (κ2) is 5.60. The Morgan fingerprint density at radius 3 is 2.12 bits per heavy atom. The van der Waals surface area contributed by atoms with Gasteiger partial charge in [-0.1, -0.05) is 42.5 Å². The molecule has 0 aliphatic heterocycles. The highest BCUT2D eigenvalue weighted by Gasteiger charge is 2.12. The van der Waals surface area contributed by atoms with Crippen molar-refractivity contribution in [3.63, 3.8) is 0 Å². The SMILES string of the molecule is c1ccc(-n2c3ccccc3c3cc(-c4ccncc4)ccc32)cc1. The zero-order valence-corrected chi connectivity index (χ0v) is 13.6. The maximum Gasteiger partial charge on any atom is 0.0541 e. The number of pyridine rings is 1. The van der Waals surface area contributed by atoms with Crippen molar-refractivity contribution < 1.29 is 0 Å². The number of aromatic nitrogens is 2. The molecular formula is C23H16N2. The van der Waals surface area contributed by atoms with Gasteiger partial charge >= 0.3 is 0 Å². The number of fused-ring (bicyclic) bond motifs is 3. The van der Waals surface area contributed by atoms with Crippen molar-refractivity contribution in [2.24, 2.45) is 0 Å². The van der Waals surface area contributed by atoms with E-state index < -0.39 is 0 Å². The smallest absolute Gasteiger partial charge is 0.0541 e. The minimum Gasteiger partial charge on any atom is -0.309 e. The first-order valence-corrected chi connectivity index (χ1v) is 8.41. The lowest BCUT2D eigenvalue weighted by molar-refractivity contribution is 1.18. The molecule has 0 bridgehead atoms. The standard InChI is InChI=1S/C23H16N2/c1-2-6-19(7-3-1)25-22-9-5-4-8-20(22)21-16-18(10-11-23(21)25)17-12-14-24-15-13-17/h1-16H. The number of hydrogen-bond donors (Lipinski definition) is 0. The zero-order valence-electron chi connectivity index (χ0n) is 13.6. The zero-order chi connectivity index (χ0) is 16.6. The number of benzene rings is 3. The fourth-order valence-electron chi connectivity index (χ4n) is 3.55. The maximum absolute atomic E-state index is 4.12. The number of rotatable bonds is 2. The number of hydrogen-bond acceptors (Lipinski definition) is 1. The van der Waals surface area contributed by atoms with Gasteiger partial charge in [-0.15, -0.1) is 0 Å². The van der Waals surface area contributed by atoms with Gasteiger partial charge in [0.1, 0.15) is 0 Å². The molecule has 0 aliphatic carbocycles. The lowest BCUT2D eigenvalue weighted by atomic mass is 10.0. The summed E-state index contributed by atoms with van der Waals surface area (Å²) in [4.78, 5) is 4.12. The first kappa shape index (κ1) is 14.0. The summed E-state index contributed by atoms with van der Waals surface area (Å²) in [6, 6.07) is 29.9. The Morgan fingerprint density at radius 2 is 1.28 bits per heavy atom. The van der Waals surface area contributed by atoms with Gasteiger partial charge in [0.15, 0.2) is 0 Å². The van der Waals surface area contributed by atoms with Crippen molar-refractivity contribution in [3.05, 3.63) is 97.3 Å². The quantitative estimate of drug-likeness (QED) is 0.399. The topological polar surface area (TPSA) is 17.8 Å². The fourth-order valence-corrected chi connectivity index (χ4v) is 3.55. The molecule has 0 amide bonds. The maximum atomic E-state index is 4.12. The molecule has 2 nitrogen and oxygen atoms in total. The number of nitrogens with zero attached hydrogens (tertiary/aromatic N) is 2. The Morgan fingerprint density at radius 1 is 0.560 bits per heavy atom. The van der Waals surface area contributed by atoms with Crippen LogP contribution in [0.4, 0.5) is 0 Å². The van der Waals surface area contributed by atoms with Crippen LogP contribution < -0.4 is 0 Å². The lowest BCUT2D eigenvalue weighted by Crippen LogP contribution is -1.92. The highest BCUT2D eigenvalue weighted by atomic mass is 15.0. The predicted octanol–water partition coefficient (Wildman–Crippen LogP) is 5.85. The van der Waals surface area contributed by atoms with Gasteiger partial charge < -0.3 is 4.57 Å². The van der Waals surface area contributed by atoms with E-state index >= 15 is 0 Å². The van der Waals surface area contributed by atoms with Crippen LogP contribution in [-0.4, -0.2) is 9.55 Å². The van der Waals surface area contributed by atoms with E-state index in [-0.39, 0.29) is 0 Å². The molecule has 0 aliphatic rings. The number of para-hydroxylation sites is 2. The van der Waals surface area contributed by atoms with Crippen molar-refractivity contribution >= 4 is 21.8 Å². The van der Waals surface area contributed by atoms with Crippen molar-refractivity contribution in [1.82, 2.24) is 9.55 Å². The Kier molecular flexibility index (Phi) is 3.14. The van der Waals surface area contributed by atoms with E-state index in [9.17, 15) is 0 Å². The largest absolute Gasteiger partial charge is 0.309 e. The van der Waals surface area contributed by atoms with Crippen molar-refractivity contribution in [2.75, 3.05) is 0 Å². The first-order valence-electron chi connectivity index (χ1n) is 8.41. The van der Waals surface area contributed by atoms with Gasteiger partial charge in [-0.3, -0.25) is 4.98 Å². The lowest BCUT2D eigenvalue weighted by Gasteiger charge is -2.08. The molecule has 2 aromatic heterocycles. The molecule has 0 saturated carbocycles. The molecule has 0 spiro atoms. The second-order valence-corrected chi connectivity index (χ2v) is 6.16. The van der Waals surface area contributed by atoms with Crippen molar-refractivity contribution in [1.29, 1.82) is 0 Å². The van der Waals surface area contributed by atoms with E-state index in [1.54, 1.807) is 0 Å². The summed E-state index contributed by atoms with van der Waals surface area (Å²) < 4.78 is 2.33. The summed E-state index contributed by atoms with van der Waals surface area (Å²) in [6.45, 7) is 0. The predicted molar refractivity (Wildman–Crippen MR) is 104 cm³/mol. The average molecular weight is 320 g/mol. The average Bonchev–Trinajstić information content (AvgIpc) is 3.03. The van der Waals surface area contributed by atoms with Crippen LogP contribution in [0.3, 0.4) is 0 Å². The molecule has 25 heavy (non-hydrogen) atoms. The monoisotopic (exact) mass is 320 g/mol. The summed E-state index contributed by atoms with van der Waals surface area (Å²) >= 11 is 0. The summed E-state index contributed by atoms with van der Waals surface area (Å²) in [5.74, 6) is 0. The van der Waals surface area contributed by atoms with E-state index in [0.29, 0.717) is 0 Å². The third-order valence-corrected chi connectivity index (χ3v) is 4.70. The van der Waals surface area contributed by atoms with Crippen LogP contribution in [0.15, 0.2) is 97.3 Å². The van der Waals surface area contributed by atoms with E-state index in [2.05, 4.69) is 94.5 Å². The van der Waals surface area contributed by atoms with Crippen LogP contribution in [-0.2, 0) is 0 Å². The normalized spacial score (nSPS) is 11.2. The summed E-state index contributed by atoms with van der Waals surface area (Å²) in [6.07, 6.45) is 3.68. The molecule has 3 aromatic carbocycles. The molecule has 2 heteroatoms. The van der Waals surface area contributed by atoms with Crippen molar-refractivity contribution in [3.8, 4) is 16.8 Å². The van der Waals surface area contributed by atoms with Crippen LogP contribution in [0.2, 0.25) is 0 Å². The second-order valence-electron chi connectivity index (χ2n) is 6.16. The molecule has 0 saturated heterocycles. The van der Waals surface area contributed by atoms with Gasteiger partial charge in [-0.25, -0.2) is 0 Å². The Bertz CT molecular complexity index is 1170. The molecule has 5 rings (SSSR count). The van der Waals surface area contributed by atoms with E-state index in [1.807, 2.05) is 12.4 Å². The van der Waals surface area contributed by atoms with Crippen LogP contribution >= 0.6 is 0 Å². The van der Waals surface area contributed by atoms with Gasteiger partial charge in [-0.05, 0) is 53.6 Å². The fraction of sp³-hybridized carbons (Fsp3) is 0. The third-order valence-electron chi connectivity index (χ3n) is 4.70. The molecule has 0 N–H and O–H groups in total. The van der Waals surface area contributed by atoms with Crippen molar-refractivity contribution in [2.45, 2.75) is 0 Å². The van der Waals surface area contributed by atoms with Gasteiger partial charge in [0, 0.05) is 28.9 Å². The highest BCUT2D eigenvalue weighted by molar-refractivity contribution is 6.10. The van der Waals surface area contributed by atoms with E-state index in [1.165, 1.54) is 38.6 Å². The Balaban J connectivity index is 1.86. The summed E-state index contributed by atoms with van der Waals surface area (Å²) in [5, 5.41) is 2.55. The Hall–Kier alpha value is -3.39. The summed E-state index contributed by atoms with van der Waals surface area (Å²) in [7, 11) is 0. The van der Waals surface area contributed by atoms with Crippen LogP contribution in [0, 0.1) is 0 Å². The minimum atomic E-state index is 1.19. The highest BCUT2D eigenvalue weighted by Crippen LogP contribution is 2.34. The molecule has 118 valence electrons. The molecular weight excluding hydrogens is 304 g/mol. The molecule has 0 radical (unpaired) electrons. The van der Waals surface area contributed by atoms with Gasteiger partial charge in [0.25, 0.3) is 0 Å². The van der Waals surface area contributed by atoms with Gasteiger partial charge in [-0.2, -0.15) is 0 Å². The Labute approximate surface area is 146 Å². The molecule has 0 unspecified atom stereocenters. The van der Waals surface area contributed by atoms with Crippen LogP contribution in [0.1, 0.15) is 0 Å². The molecule has 0 atom stereocenters. The van der Waals surface area contributed by atoms with Gasteiger partial charge in [0.05, 0.1) is 11.0 Å². The van der Waals surface area contributed by atoms with Crippen LogP contribution in [0.25, 0.3) is 38.6 Å². The third kappa shape index (κ3) is 2.23. The van der Waals surface area contributed by atoms with E-state index in [4.69, 9.17) is 0 Å². The van der Waals surface area contributed by atoms with E-state index in [0.717, 1.165) is 0 Å². The van der Waals surface area contributed by atoms with Gasteiger partial charge in [0.2, 0.25) is 0 Å². The first-order chi connectivity index (χ1) is 12.4. The molecule has 0 fully saturated rings. The molecule has 5 aromatic rings. The summed E-state index contributed by atoms with van der Waals surface area (Å²) in [5.41, 5.74) is 6.05. The minimum absolute atomic E-state index is 1.19. The molecule has 2 heterocycles.